The van der Waals surface area contributed by atoms with E-state index >= 15 is 0 Å². The predicted octanol–water partition coefficient (Wildman–Crippen LogP) is 3.31. The Hall–Kier alpha value is -2.63. The van der Waals surface area contributed by atoms with Crippen molar-refractivity contribution in [1.29, 1.82) is 0 Å². The summed E-state index contributed by atoms with van der Waals surface area (Å²) in [7, 11) is 0. The quantitative estimate of drug-likeness (QED) is 0.651. The zero-order valence-corrected chi connectivity index (χ0v) is 12.0. The lowest BCUT2D eigenvalue weighted by molar-refractivity contribution is -0.384. The number of ether oxygens (including phenoxy) is 1. The van der Waals surface area contributed by atoms with E-state index in [2.05, 4.69) is 10.3 Å². The average Bonchev–Trinajstić information content (AvgIpc) is 2.47. The molecule has 1 aromatic heterocycles. The zero-order chi connectivity index (χ0) is 15.2. The minimum Gasteiger partial charge on any atom is -0.494 e. The Balaban J connectivity index is 2.15. The number of benzene rings is 1. The standard InChI is InChI=1S/C15H17N3O3/c1-3-21-13-6-7-14(15(8-13)18(19)20)17-10-12-5-4-11(2)9-16-12/h4-9,17H,3,10H2,1-2H3. The van der Waals surface area contributed by atoms with Gasteiger partial charge >= 0.3 is 0 Å². The highest BCUT2D eigenvalue weighted by molar-refractivity contribution is 5.63. The van der Waals surface area contributed by atoms with Gasteiger partial charge in [-0.15, -0.1) is 0 Å². The Morgan fingerprint density at radius 2 is 2.14 bits per heavy atom. The van der Waals surface area contributed by atoms with Crippen LogP contribution in [-0.4, -0.2) is 16.5 Å². The van der Waals surface area contributed by atoms with Crippen LogP contribution >= 0.6 is 0 Å². The van der Waals surface area contributed by atoms with Gasteiger partial charge in [0.25, 0.3) is 5.69 Å². The monoisotopic (exact) mass is 287 g/mol. The van der Waals surface area contributed by atoms with E-state index in [1.165, 1.54) is 6.07 Å². The smallest absolute Gasteiger partial charge is 0.296 e. The van der Waals surface area contributed by atoms with Crippen LogP contribution in [0.3, 0.4) is 0 Å². The second-order valence-corrected chi connectivity index (χ2v) is 4.55. The van der Waals surface area contributed by atoms with Crippen molar-refractivity contribution in [2.75, 3.05) is 11.9 Å². The molecule has 0 aliphatic rings. The van der Waals surface area contributed by atoms with Crippen molar-refractivity contribution in [3.8, 4) is 5.75 Å². The molecule has 1 heterocycles. The van der Waals surface area contributed by atoms with Crippen molar-refractivity contribution < 1.29 is 9.66 Å². The molecule has 0 saturated carbocycles. The Bertz CT molecular complexity index is 627. The van der Waals surface area contributed by atoms with Crippen LogP contribution in [0, 0.1) is 17.0 Å². The summed E-state index contributed by atoms with van der Waals surface area (Å²) in [5.41, 5.74) is 2.34. The van der Waals surface area contributed by atoms with Crippen LogP contribution in [0.15, 0.2) is 36.5 Å². The molecule has 1 aromatic carbocycles. The number of hydrogen-bond acceptors (Lipinski definition) is 5. The molecule has 0 fully saturated rings. The van der Waals surface area contributed by atoms with Crippen molar-refractivity contribution in [3.63, 3.8) is 0 Å². The minimum absolute atomic E-state index is 0.00642. The summed E-state index contributed by atoms with van der Waals surface area (Å²) in [6.07, 6.45) is 1.77. The van der Waals surface area contributed by atoms with Gasteiger partial charge in [0, 0.05) is 6.20 Å². The molecule has 2 rings (SSSR count). The molecule has 110 valence electrons. The average molecular weight is 287 g/mol. The van der Waals surface area contributed by atoms with E-state index in [-0.39, 0.29) is 5.69 Å². The minimum atomic E-state index is -0.423. The summed E-state index contributed by atoms with van der Waals surface area (Å²) in [6, 6.07) is 8.63. The number of aromatic nitrogens is 1. The molecular formula is C15H17N3O3. The summed E-state index contributed by atoms with van der Waals surface area (Å²) in [5.74, 6) is 0.489. The molecule has 1 N–H and O–H groups in total. The largest absolute Gasteiger partial charge is 0.494 e. The summed E-state index contributed by atoms with van der Waals surface area (Å²) in [6.45, 7) is 4.69. The molecule has 0 radical (unpaired) electrons. The molecule has 6 nitrogen and oxygen atoms in total. The summed E-state index contributed by atoms with van der Waals surface area (Å²) in [4.78, 5) is 15.0. The third-order valence-electron chi connectivity index (χ3n) is 2.91. The SMILES string of the molecule is CCOc1ccc(NCc2ccc(C)cn2)c([N+](=O)[O-])c1. The van der Waals surface area contributed by atoms with Gasteiger partial charge in [-0.3, -0.25) is 15.1 Å². The van der Waals surface area contributed by atoms with Crippen LogP contribution in [0.5, 0.6) is 5.75 Å². The van der Waals surface area contributed by atoms with E-state index < -0.39 is 4.92 Å². The highest BCUT2D eigenvalue weighted by atomic mass is 16.6. The number of nitro benzene ring substituents is 1. The lowest BCUT2D eigenvalue weighted by Gasteiger charge is -2.09. The van der Waals surface area contributed by atoms with E-state index in [9.17, 15) is 10.1 Å². The number of rotatable bonds is 6. The van der Waals surface area contributed by atoms with Crippen molar-refractivity contribution in [1.82, 2.24) is 4.98 Å². The van der Waals surface area contributed by atoms with Gasteiger partial charge in [0.2, 0.25) is 0 Å². The molecular weight excluding hydrogens is 270 g/mol. The van der Waals surface area contributed by atoms with Gasteiger partial charge in [-0.1, -0.05) is 6.07 Å². The highest BCUT2D eigenvalue weighted by Crippen LogP contribution is 2.29. The Kier molecular flexibility index (Phi) is 4.71. The number of anilines is 1. The fourth-order valence-electron chi connectivity index (χ4n) is 1.86. The first-order chi connectivity index (χ1) is 10.1. The third kappa shape index (κ3) is 3.92. The van der Waals surface area contributed by atoms with Gasteiger partial charge in [-0.05, 0) is 37.6 Å². The molecule has 0 aliphatic carbocycles. The molecule has 0 unspecified atom stereocenters. The van der Waals surface area contributed by atoms with Gasteiger partial charge in [0.1, 0.15) is 11.4 Å². The first kappa shape index (κ1) is 14.8. The van der Waals surface area contributed by atoms with Crippen LogP contribution in [0.1, 0.15) is 18.2 Å². The Morgan fingerprint density at radius 1 is 1.33 bits per heavy atom. The highest BCUT2D eigenvalue weighted by Gasteiger charge is 2.15. The Labute approximate surface area is 122 Å². The maximum absolute atomic E-state index is 11.1. The van der Waals surface area contributed by atoms with Crippen molar-refractivity contribution >= 4 is 11.4 Å². The van der Waals surface area contributed by atoms with Crippen molar-refractivity contribution in [2.45, 2.75) is 20.4 Å². The van der Waals surface area contributed by atoms with E-state index in [0.29, 0.717) is 24.6 Å². The fourth-order valence-corrected chi connectivity index (χ4v) is 1.86. The number of hydrogen-bond donors (Lipinski definition) is 1. The molecule has 0 atom stereocenters. The van der Waals surface area contributed by atoms with E-state index in [1.807, 2.05) is 26.0 Å². The van der Waals surface area contributed by atoms with Gasteiger partial charge < -0.3 is 10.1 Å². The van der Waals surface area contributed by atoms with E-state index in [0.717, 1.165) is 11.3 Å². The van der Waals surface area contributed by atoms with Crippen LogP contribution < -0.4 is 10.1 Å². The molecule has 0 bridgehead atoms. The second-order valence-electron chi connectivity index (χ2n) is 4.55. The molecule has 21 heavy (non-hydrogen) atoms. The van der Waals surface area contributed by atoms with Crippen LogP contribution in [0.25, 0.3) is 0 Å². The first-order valence-electron chi connectivity index (χ1n) is 6.66. The van der Waals surface area contributed by atoms with E-state index in [1.54, 1.807) is 18.3 Å². The van der Waals surface area contributed by atoms with Gasteiger partial charge in [-0.2, -0.15) is 0 Å². The lowest BCUT2D eigenvalue weighted by Crippen LogP contribution is -2.04. The summed E-state index contributed by atoms with van der Waals surface area (Å²) in [5, 5.41) is 14.2. The molecule has 2 aromatic rings. The van der Waals surface area contributed by atoms with Crippen LogP contribution in [-0.2, 0) is 6.54 Å². The van der Waals surface area contributed by atoms with Crippen molar-refractivity contribution in [2.24, 2.45) is 0 Å². The maximum atomic E-state index is 11.1. The second kappa shape index (κ2) is 6.69. The van der Waals surface area contributed by atoms with E-state index in [4.69, 9.17) is 4.74 Å². The van der Waals surface area contributed by atoms with Gasteiger partial charge in [-0.25, -0.2) is 0 Å². The molecule has 0 amide bonds. The molecule has 0 saturated heterocycles. The fraction of sp³-hybridized carbons (Fsp3) is 0.267. The predicted molar refractivity (Wildman–Crippen MR) is 80.6 cm³/mol. The number of pyridine rings is 1. The number of aryl methyl sites for hydroxylation is 1. The van der Waals surface area contributed by atoms with Gasteiger partial charge in [0.15, 0.2) is 0 Å². The summed E-state index contributed by atoms with van der Waals surface area (Å²) < 4.78 is 5.28. The van der Waals surface area contributed by atoms with Crippen molar-refractivity contribution in [3.05, 3.63) is 57.9 Å². The first-order valence-corrected chi connectivity index (χ1v) is 6.66. The third-order valence-corrected chi connectivity index (χ3v) is 2.91. The topological polar surface area (TPSA) is 77.3 Å². The lowest BCUT2D eigenvalue weighted by atomic mass is 10.2. The maximum Gasteiger partial charge on any atom is 0.296 e. The number of nitro groups is 1. The normalized spacial score (nSPS) is 10.2. The summed E-state index contributed by atoms with van der Waals surface area (Å²) >= 11 is 0. The molecule has 0 aliphatic heterocycles. The van der Waals surface area contributed by atoms with Gasteiger partial charge in [0.05, 0.1) is 29.8 Å². The Morgan fingerprint density at radius 3 is 2.76 bits per heavy atom. The molecule has 0 spiro atoms. The van der Waals surface area contributed by atoms with Crippen LogP contribution in [0.4, 0.5) is 11.4 Å². The van der Waals surface area contributed by atoms with Crippen LogP contribution in [0.2, 0.25) is 0 Å². The number of nitrogens with zero attached hydrogens (tertiary/aromatic N) is 2. The zero-order valence-electron chi connectivity index (χ0n) is 12.0. The number of nitrogens with one attached hydrogen (secondary N) is 1. The molecule has 6 heteroatoms.